The summed E-state index contributed by atoms with van der Waals surface area (Å²) in [4.78, 5) is 4.92. The normalized spacial score (nSPS) is 30.6. The van der Waals surface area contributed by atoms with Crippen molar-refractivity contribution >= 4 is 12.6 Å². The Hall–Kier alpha value is -0.875. The summed E-state index contributed by atoms with van der Waals surface area (Å²) >= 11 is 0. The SMILES string of the molecule is CC(N1CCN(C)CC1)C1(C)OB(c2ccccc2)OC1(C)C. The van der Waals surface area contributed by atoms with E-state index in [4.69, 9.17) is 9.31 Å². The second-order valence-electron chi connectivity index (χ2n) is 7.61. The van der Waals surface area contributed by atoms with Crippen molar-refractivity contribution in [3.8, 4) is 0 Å². The van der Waals surface area contributed by atoms with Gasteiger partial charge in [-0.1, -0.05) is 30.3 Å². The Bertz CT molecular complexity index is 531. The van der Waals surface area contributed by atoms with Crippen LogP contribution >= 0.6 is 0 Å². The van der Waals surface area contributed by atoms with Crippen molar-refractivity contribution in [2.45, 2.75) is 44.9 Å². The lowest BCUT2D eigenvalue weighted by Crippen LogP contribution is -2.62. The van der Waals surface area contributed by atoms with Crippen LogP contribution < -0.4 is 5.46 Å². The summed E-state index contributed by atoms with van der Waals surface area (Å²) in [6.07, 6.45) is 0. The molecule has 2 saturated heterocycles. The van der Waals surface area contributed by atoms with E-state index in [1.807, 2.05) is 18.2 Å². The lowest BCUT2D eigenvalue weighted by Gasteiger charge is -2.48. The first-order chi connectivity index (χ1) is 10.8. The minimum Gasteiger partial charge on any atom is -0.399 e. The molecule has 3 rings (SSSR count). The Morgan fingerprint density at radius 3 is 2.22 bits per heavy atom. The molecule has 2 atom stereocenters. The molecule has 1 aromatic carbocycles. The molecular formula is C18H29BN2O2. The van der Waals surface area contributed by atoms with E-state index in [1.165, 1.54) is 0 Å². The first kappa shape index (κ1) is 17.0. The summed E-state index contributed by atoms with van der Waals surface area (Å²) in [5.74, 6) is 0. The summed E-state index contributed by atoms with van der Waals surface area (Å²) in [6.45, 7) is 13.2. The van der Waals surface area contributed by atoms with Gasteiger partial charge in [0.1, 0.15) is 0 Å². The van der Waals surface area contributed by atoms with Crippen LogP contribution in [0.25, 0.3) is 0 Å². The van der Waals surface area contributed by atoms with Gasteiger partial charge in [0, 0.05) is 32.2 Å². The molecule has 0 spiro atoms. The molecule has 2 fully saturated rings. The van der Waals surface area contributed by atoms with Gasteiger partial charge in [-0.15, -0.1) is 0 Å². The van der Waals surface area contributed by atoms with E-state index in [1.54, 1.807) is 0 Å². The standard InChI is InChI=1S/C18H29BN2O2/c1-15(21-13-11-20(5)12-14-21)18(4)17(2,3)22-19(23-18)16-9-7-6-8-10-16/h6-10,15H,11-14H2,1-5H3. The quantitative estimate of drug-likeness (QED) is 0.791. The van der Waals surface area contributed by atoms with Crippen molar-refractivity contribution in [2.75, 3.05) is 33.2 Å². The molecule has 0 aliphatic carbocycles. The van der Waals surface area contributed by atoms with Gasteiger partial charge in [0.05, 0.1) is 11.2 Å². The molecule has 2 unspecified atom stereocenters. The lowest BCUT2D eigenvalue weighted by molar-refractivity contribution is -0.0762. The fraction of sp³-hybridized carbons (Fsp3) is 0.667. The fourth-order valence-electron chi connectivity index (χ4n) is 3.68. The van der Waals surface area contributed by atoms with Crippen LogP contribution in [0.3, 0.4) is 0 Å². The molecule has 0 saturated carbocycles. The molecule has 0 N–H and O–H groups in total. The van der Waals surface area contributed by atoms with Gasteiger partial charge in [-0.05, 0) is 40.2 Å². The van der Waals surface area contributed by atoms with Gasteiger partial charge >= 0.3 is 7.12 Å². The van der Waals surface area contributed by atoms with Crippen LogP contribution in [-0.4, -0.2) is 67.4 Å². The summed E-state index contributed by atoms with van der Waals surface area (Å²) in [6, 6.07) is 10.6. The number of hydrogen-bond acceptors (Lipinski definition) is 4. The molecule has 2 heterocycles. The zero-order chi connectivity index (χ0) is 16.7. The summed E-state index contributed by atoms with van der Waals surface area (Å²) < 4.78 is 12.8. The van der Waals surface area contributed by atoms with E-state index in [-0.39, 0.29) is 18.3 Å². The number of hydrogen-bond donors (Lipinski definition) is 0. The lowest BCUT2D eigenvalue weighted by atomic mass is 9.79. The molecule has 0 amide bonds. The number of nitrogens with zero attached hydrogens (tertiary/aromatic N) is 2. The van der Waals surface area contributed by atoms with Crippen molar-refractivity contribution in [1.82, 2.24) is 9.80 Å². The van der Waals surface area contributed by atoms with Gasteiger partial charge in [0.2, 0.25) is 0 Å². The number of piperazine rings is 1. The molecule has 2 aliphatic heterocycles. The highest BCUT2D eigenvalue weighted by Crippen LogP contribution is 2.41. The smallest absolute Gasteiger partial charge is 0.399 e. The number of benzene rings is 1. The average Bonchev–Trinajstić information content (AvgIpc) is 2.79. The Labute approximate surface area is 140 Å². The van der Waals surface area contributed by atoms with E-state index >= 15 is 0 Å². The highest BCUT2D eigenvalue weighted by Gasteiger charge is 2.58. The maximum absolute atomic E-state index is 6.51. The topological polar surface area (TPSA) is 24.9 Å². The zero-order valence-electron chi connectivity index (χ0n) is 15.1. The van der Waals surface area contributed by atoms with Crippen molar-refractivity contribution in [3.63, 3.8) is 0 Å². The minimum absolute atomic E-state index is 0.286. The third-order valence-corrected chi connectivity index (χ3v) is 5.90. The second kappa shape index (κ2) is 6.21. The van der Waals surface area contributed by atoms with E-state index in [0.29, 0.717) is 6.04 Å². The van der Waals surface area contributed by atoms with Gasteiger partial charge in [0.15, 0.2) is 0 Å². The van der Waals surface area contributed by atoms with E-state index < -0.39 is 0 Å². The summed E-state index contributed by atoms with van der Waals surface area (Å²) in [5.41, 5.74) is 0.412. The minimum atomic E-state index is -0.344. The van der Waals surface area contributed by atoms with Crippen molar-refractivity contribution < 1.29 is 9.31 Å². The largest absolute Gasteiger partial charge is 0.494 e. The third-order valence-electron chi connectivity index (χ3n) is 5.90. The van der Waals surface area contributed by atoms with Gasteiger partial charge in [-0.3, -0.25) is 4.90 Å². The molecule has 0 aromatic heterocycles. The predicted molar refractivity (Wildman–Crippen MR) is 95.0 cm³/mol. The first-order valence-corrected chi connectivity index (χ1v) is 8.67. The molecule has 5 heteroatoms. The molecule has 126 valence electrons. The van der Waals surface area contributed by atoms with Crippen LogP contribution in [0.15, 0.2) is 30.3 Å². The Morgan fingerprint density at radius 1 is 1.00 bits per heavy atom. The Balaban J connectivity index is 1.79. The molecular weight excluding hydrogens is 287 g/mol. The number of rotatable bonds is 3. The van der Waals surface area contributed by atoms with Gasteiger partial charge in [-0.25, -0.2) is 0 Å². The average molecular weight is 316 g/mol. The Morgan fingerprint density at radius 2 is 1.61 bits per heavy atom. The second-order valence-corrected chi connectivity index (χ2v) is 7.61. The first-order valence-electron chi connectivity index (χ1n) is 8.67. The highest BCUT2D eigenvalue weighted by molar-refractivity contribution is 6.62. The van der Waals surface area contributed by atoms with Crippen LogP contribution in [0.1, 0.15) is 27.7 Å². The van der Waals surface area contributed by atoms with Crippen molar-refractivity contribution in [2.24, 2.45) is 0 Å². The molecule has 0 radical (unpaired) electrons. The van der Waals surface area contributed by atoms with Gasteiger partial charge < -0.3 is 14.2 Å². The van der Waals surface area contributed by atoms with E-state index in [9.17, 15) is 0 Å². The van der Waals surface area contributed by atoms with E-state index in [2.05, 4.69) is 56.7 Å². The predicted octanol–water partition coefficient (Wildman–Crippen LogP) is 1.60. The van der Waals surface area contributed by atoms with Crippen molar-refractivity contribution in [1.29, 1.82) is 0 Å². The van der Waals surface area contributed by atoms with Crippen molar-refractivity contribution in [3.05, 3.63) is 30.3 Å². The maximum atomic E-state index is 6.51. The summed E-state index contributed by atoms with van der Waals surface area (Å²) in [5, 5.41) is 0. The molecule has 0 bridgehead atoms. The third kappa shape index (κ3) is 3.08. The molecule has 4 nitrogen and oxygen atoms in total. The van der Waals surface area contributed by atoms with Gasteiger partial charge in [0.25, 0.3) is 0 Å². The zero-order valence-corrected chi connectivity index (χ0v) is 15.1. The van der Waals surface area contributed by atoms with Crippen LogP contribution in [0.2, 0.25) is 0 Å². The monoisotopic (exact) mass is 316 g/mol. The van der Waals surface area contributed by atoms with Gasteiger partial charge in [-0.2, -0.15) is 0 Å². The molecule has 23 heavy (non-hydrogen) atoms. The van der Waals surface area contributed by atoms with Crippen LogP contribution in [-0.2, 0) is 9.31 Å². The number of likely N-dealkylation sites (N-methyl/N-ethyl adjacent to an activating group) is 1. The molecule has 1 aromatic rings. The Kier molecular flexibility index (Phi) is 4.58. The highest BCUT2D eigenvalue weighted by atomic mass is 16.7. The summed E-state index contributed by atoms with van der Waals surface area (Å²) in [7, 11) is 1.90. The van der Waals surface area contributed by atoms with Crippen LogP contribution in [0.5, 0.6) is 0 Å². The van der Waals surface area contributed by atoms with Crippen LogP contribution in [0, 0.1) is 0 Å². The van der Waals surface area contributed by atoms with E-state index in [0.717, 1.165) is 31.6 Å². The maximum Gasteiger partial charge on any atom is 0.494 e. The fourth-order valence-corrected chi connectivity index (χ4v) is 3.68. The molecule has 2 aliphatic rings. The van der Waals surface area contributed by atoms with Crippen LogP contribution in [0.4, 0.5) is 0 Å².